The Morgan fingerprint density at radius 1 is 0.912 bits per heavy atom. The van der Waals surface area contributed by atoms with Crippen LogP contribution in [0, 0.1) is 0 Å². The summed E-state index contributed by atoms with van der Waals surface area (Å²) in [5.74, 6) is 2.02. The van der Waals surface area contributed by atoms with Crippen LogP contribution in [0.5, 0.6) is 17.2 Å². The first-order chi connectivity index (χ1) is 16.7. The van der Waals surface area contributed by atoms with Crippen LogP contribution in [0.3, 0.4) is 0 Å². The molecule has 0 aliphatic carbocycles. The quantitative estimate of drug-likeness (QED) is 0.248. The fourth-order valence-electron chi connectivity index (χ4n) is 3.81. The maximum Gasteiger partial charge on any atom is 0.335 e. The van der Waals surface area contributed by atoms with E-state index in [1.165, 1.54) is 0 Å². The molecule has 6 nitrogen and oxygen atoms in total. The molecule has 0 saturated heterocycles. The smallest absolute Gasteiger partial charge is 0.335 e. The van der Waals surface area contributed by atoms with Gasteiger partial charge in [0.2, 0.25) is 0 Å². The van der Waals surface area contributed by atoms with Crippen LogP contribution >= 0.6 is 0 Å². The Kier molecular flexibility index (Phi) is 8.04. The largest absolute Gasteiger partial charge is 0.473 e. The lowest BCUT2D eigenvalue weighted by Gasteiger charge is -2.32. The molecule has 178 valence electrons. The van der Waals surface area contributed by atoms with E-state index in [1.807, 2.05) is 72.8 Å². The standard InChI is InChI=1S/C28H31NO5/c1-3-5-18-32-27(28(30)31-4-2)19-21-14-16-22(17-15-21)33-20-29-23-10-6-8-12-25(23)34-26-13-9-7-11-24(26)29/h6-17,27H,3-5,18-20H2,1-2H3. The molecule has 0 radical (unpaired) electrons. The van der Waals surface area contributed by atoms with Gasteiger partial charge in [-0.05, 0) is 55.3 Å². The molecule has 34 heavy (non-hydrogen) atoms. The number of para-hydroxylation sites is 4. The van der Waals surface area contributed by atoms with Crippen molar-refractivity contribution >= 4 is 17.3 Å². The molecule has 0 spiro atoms. The first-order valence-electron chi connectivity index (χ1n) is 11.8. The third-order valence-corrected chi connectivity index (χ3v) is 5.60. The van der Waals surface area contributed by atoms with Crippen LogP contribution in [0.1, 0.15) is 32.3 Å². The molecule has 6 heteroatoms. The minimum absolute atomic E-state index is 0.316. The van der Waals surface area contributed by atoms with Gasteiger partial charge in [-0.15, -0.1) is 0 Å². The minimum Gasteiger partial charge on any atom is -0.473 e. The predicted octanol–water partition coefficient (Wildman–Crippen LogP) is 6.26. The average molecular weight is 462 g/mol. The molecule has 1 aliphatic heterocycles. The number of hydrogen-bond acceptors (Lipinski definition) is 6. The monoisotopic (exact) mass is 461 g/mol. The molecular formula is C28H31NO5. The van der Waals surface area contributed by atoms with Gasteiger partial charge in [0, 0.05) is 13.0 Å². The van der Waals surface area contributed by atoms with Gasteiger partial charge in [0.15, 0.2) is 24.3 Å². The van der Waals surface area contributed by atoms with E-state index >= 15 is 0 Å². The van der Waals surface area contributed by atoms with Crippen molar-refractivity contribution in [2.24, 2.45) is 0 Å². The number of rotatable bonds is 11. The van der Waals surface area contributed by atoms with Gasteiger partial charge in [-0.25, -0.2) is 4.79 Å². The lowest BCUT2D eigenvalue weighted by Crippen LogP contribution is -2.29. The molecule has 1 atom stereocenters. The van der Waals surface area contributed by atoms with Gasteiger partial charge in [0.25, 0.3) is 0 Å². The summed E-state index contributed by atoms with van der Waals surface area (Å²) >= 11 is 0. The number of anilines is 2. The van der Waals surface area contributed by atoms with Crippen molar-refractivity contribution in [1.82, 2.24) is 0 Å². The zero-order valence-corrected chi connectivity index (χ0v) is 19.7. The van der Waals surface area contributed by atoms with Crippen molar-refractivity contribution in [2.45, 2.75) is 39.2 Å². The summed E-state index contributed by atoms with van der Waals surface area (Å²) in [5, 5.41) is 0. The molecular weight excluding hydrogens is 430 g/mol. The second-order valence-corrected chi connectivity index (χ2v) is 8.05. The average Bonchev–Trinajstić information content (AvgIpc) is 2.87. The topological polar surface area (TPSA) is 57.2 Å². The van der Waals surface area contributed by atoms with Crippen LogP contribution in [0.25, 0.3) is 0 Å². The van der Waals surface area contributed by atoms with Crippen LogP contribution in [0.2, 0.25) is 0 Å². The number of unbranched alkanes of at least 4 members (excludes halogenated alkanes) is 1. The summed E-state index contributed by atoms with van der Waals surface area (Å²) in [4.78, 5) is 14.4. The molecule has 1 unspecified atom stereocenters. The Morgan fingerprint density at radius 3 is 2.18 bits per heavy atom. The molecule has 3 aromatic carbocycles. The van der Waals surface area contributed by atoms with Gasteiger partial charge >= 0.3 is 5.97 Å². The van der Waals surface area contributed by atoms with E-state index in [0.717, 1.165) is 47.0 Å². The number of fused-ring (bicyclic) bond motifs is 2. The number of nitrogens with zero attached hydrogens (tertiary/aromatic N) is 1. The van der Waals surface area contributed by atoms with Crippen molar-refractivity contribution in [3.8, 4) is 17.2 Å². The van der Waals surface area contributed by atoms with E-state index in [4.69, 9.17) is 18.9 Å². The fourth-order valence-corrected chi connectivity index (χ4v) is 3.81. The number of esters is 1. The minimum atomic E-state index is -0.598. The molecule has 0 fully saturated rings. The zero-order valence-electron chi connectivity index (χ0n) is 19.7. The highest BCUT2D eigenvalue weighted by Crippen LogP contribution is 2.46. The van der Waals surface area contributed by atoms with Gasteiger partial charge in [-0.1, -0.05) is 49.7 Å². The van der Waals surface area contributed by atoms with E-state index in [0.29, 0.717) is 26.4 Å². The molecule has 4 rings (SSSR count). The maximum atomic E-state index is 12.3. The fraction of sp³-hybridized carbons (Fsp3) is 0.321. The first-order valence-corrected chi connectivity index (χ1v) is 11.8. The van der Waals surface area contributed by atoms with E-state index in [2.05, 4.69) is 11.8 Å². The number of carbonyl (C=O) groups excluding carboxylic acids is 1. The summed E-state index contributed by atoms with van der Waals surface area (Å²) in [7, 11) is 0. The number of hydrogen-bond donors (Lipinski definition) is 0. The third-order valence-electron chi connectivity index (χ3n) is 5.60. The van der Waals surface area contributed by atoms with Crippen LogP contribution in [-0.2, 0) is 20.7 Å². The van der Waals surface area contributed by atoms with E-state index in [1.54, 1.807) is 6.92 Å². The van der Waals surface area contributed by atoms with Crippen molar-refractivity contribution in [2.75, 3.05) is 24.8 Å². The summed E-state index contributed by atoms with van der Waals surface area (Å²) in [6, 6.07) is 23.6. The van der Waals surface area contributed by atoms with Crippen LogP contribution < -0.4 is 14.4 Å². The normalized spacial score (nSPS) is 12.8. The predicted molar refractivity (Wildman–Crippen MR) is 132 cm³/mol. The van der Waals surface area contributed by atoms with E-state index < -0.39 is 6.10 Å². The lowest BCUT2D eigenvalue weighted by molar-refractivity contribution is -0.156. The van der Waals surface area contributed by atoms with Gasteiger partial charge in [-0.3, -0.25) is 0 Å². The number of carbonyl (C=O) groups is 1. The van der Waals surface area contributed by atoms with Crippen LogP contribution in [-0.4, -0.2) is 32.0 Å². The Hall–Kier alpha value is -3.51. The molecule has 0 bridgehead atoms. The number of ether oxygens (including phenoxy) is 4. The molecule has 3 aromatic rings. The highest BCUT2D eigenvalue weighted by molar-refractivity contribution is 5.77. The molecule has 0 amide bonds. The lowest BCUT2D eigenvalue weighted by atomic mass is 10.1. The summed E-state index contributed by atoms with van der Waals surface area (Å²) < 4.78 is 23.2. The van der Waals surface area contributed by atoms with Crippen molar-refractivity contribution in [3.63, 3.8) is 0 Å². The third kappa shape index (κ3) is 5.69. The van der Waals surface area contributed by atoms with Gasteiger partial charge in [0.05, 0.1) is 18.0 Å². The highest BCUT2D eigenvalue weighted by Gasteiger charge is 2.24. The highest BCUT2D eigenvalue weighted by atomic mass is 16.6. The zero-order chi connectivity index (χ0) is 23.8. The summed E-state index contributed by atoms with van der Waals surface area (Å²) in [6.07, 6.45) is 1.79. The Bertz CT molecular complexity index is 1040. The summed E-state index contributed by atoms with van der Waals surface area (Å²) in [5.41, 5.74) is 2.91. The molecule has 1 aliphatic rings. The Balaban J connectivity index is 1.42. The summed E-state index contributed by atoms with van der Waals surface area (Å²) in [6.45, 7) is 5.12. The molecule has 0 saturated carbocycles. The van der Waals surface area contributed by atoms with E-state index in [9.17, 15) is 4.79 Å². The van der Waals surface area contributed by atoms with Crippen molar-refractivity contribution in [3.05, 3.63) is 78.4 Å². The second kappa shape index (κ2) is 11.6. The van der Waals surface area contributed by atoms with Gasteiger partial charge < -0.3 is 23.8 Å². The Morgan fingerprint density at radius 2 is 1.56 bits per heavy atom. The molecule has 0 N–H and O–H groups in total. The van der Waals surface area contributed by atoms with Crippen LogP contribution in [0.15, 0.2) is 72.8 Å². The Labute approximate surface area is 201 Å². The van der Waals surface area contributed by atoms with Crippen molar-refractivity contribution < 1.29 is 23.7 Å². The molecule has 0 aromatic heterocycles. The molecule has 1 heterocycles. The van der Waals surface area contributed by atoms with E-state index in [-0.39, 0.29) is 5.97 Å². The number of benzene rings is 3. The second-order valence-electron chi connectivity index (χ2n) is 8.05. The van der Waals surface area contributed by atoms with Crippen LogP contribution in [0.4, 0.5) is 11.4 Å². The first kappa shape index (κ1) is 23.6. The SMILES string of the molecule is CCCCOC(Cc1ccc(OCN2c3ccccc3Oc3ccccc32)cc1)C(=O)OCC. The van der Waals surface area contributed by atoms with Gasteiger partial charge in [0.1, 0.15) is 5.75 Å². The maximum absolute atomic E-state index is 12.3. The van der Waals surface area contributed by atoms with Gasteiger partial charge in [-0.2, -0.15) is 0 Å². The van der Waals surface area contributed by atoms with Crippen molar-refractivity contribution in [1.29, 1.82) is 0 Å².